The van der Waals surface area contributed by atoms with Gasteiger partial charge in [-0.3, -0.25) is 9.59 Å². The molecule has 1 aromatic rings. The molecule has 1 aromatic heterocycles. The van der Waals surface area contributed by atoms with E-state index in [1.54, 1.807) is 18.7 Å². The smallest absolute Gasteiger partial charge is 0.333 e. The second-order valence-corrected chi connectivity index (χ2v) is 6.63. The number of amides is 2. The first kappa shape index (κ1) is 23.3. The van der Waals surface area contributed by atoms with Crippen LogP contribution < -0.4 is 11.1 Å². The zero-order valence-electron chi connectivity index (χ0n) is 15.7. The van der Waals surface area contributed by atoms with Crippen LogP contribution in [0.2, 0.25) is 0 Å². The van der Waals surface area contributed by atoms with Crippen molar-refractivity contribution in [1.29, 1.82) is 0 Å². The molecule has 1 fully saturated rings. The summed E-state index contributed by atoms with van der Waals surface area (Å²) in [6.07, 6.45) is 2.99. The average Bonchev–Trinajstić information content (AvgIpc) is 2.89. The SMILES string of the molecule is Cc1nn(C(F)F)c(C)c1CC(=O)N1CCCCC1CNC(=O)CCN.Cl. The highest BCUT2D eigenvalue weighted by Gasteiger charge is 2.28. The molecule has 2 amide bonds. The number of carbonyl (C=O) groups is 2. The molecule has 0 aromatic carbocycles. The minimum absolute atomic E-state index is 0. The van der Waals surface area contributed by atoms with Gasteiger partial charge < -0.3 is 16.0 Å². The van der Waals surface area contributed by atoms with Crippen molar-refractivity contribution in [2.75, 3.05) is 19.6 Å². The topological polar surface area (TPSA) is 93.2 Å². The number of hydrogen-bond acceptors (Lipinski definition) is 4. The number of aromatic nitrogens is 2. The maximum absolute atomic E-state index is 13.0. The molecule has 1 aliphatic heterocycles. The zero-order valence-corrected chi connectivity index (χ0v) is 16.5. The molecule has 0 radical (unpaired) electrons. The van der Waals surface area contributed by atoms with E-state index >= 15 is 0 Å². The fourth-order valence-electron chi connectivity index (χ4n) is 3.39. The molecular formula is C17H28ClF2N5O2. The molecular weight excluding hydrogens is 380 g/mol. The van der Waals surface area contributed by atoms with Crippen LogP contribution in [0.3, 0.4) is 0 Å². The van der Waals surface area contributed by atoms with E-state index < -0.39 is 6.55 Å². The molecule has 0 aliphatic carbocycles. The van der Waals surface area contributed by atoms with Gasteiger partial charge in [0.1, 0.15) is 0 Å². The number of alkyl halides is 2. The third kappa shape index (κ3) is 5.87. The Morgan fingerprint density at radius 1 is 1.33 bits per heavy atom. The van der Waals surface area contributed by atoms with Crippen molar-refractivity contribution in [1.82, 2.24) is 20.0 Å². The maximum Gasteiger partial charge on any atom is 0.333 e. The number of hydrogen-bond donors (Lipinski definition) is 2. The van der Waals surface area contributed by atoms with Crippen molar-refractivity contribution in [2.45, 2.75) is 58.5 Å². The van der Waals surface area contributed by atoms with E-state index in [2.05, 4.69) is 10.4 Å². The Hall–Kier alpha value is -1.74. The van der Waals surface area contributed by atoms with Crippen LogP contribution in [0.25, 0.3) is 0 Å². The van der Waals surface area contributed by atoms with E-state index in [0.717, 1.165) is 19.3 Å². The molecule has 10 heteroatoms. The Morgan fingerprint density at radius 3 is 2.63 bits per heavy atom. The predicted octanol–water partition coefficient (Wildman–Crippen LogP) is 1.71. The molecule has 2 rings (SSSR count). The summed E-state index contributed by atoms with van der Waals surface area (Å²) in [5.41, 5.74) is 6.67. The summed E-state index contributed by atoms with van der Waals surface area (Å²) in [5.74, 6) is -0.252. The number of aryl methyl sites for hydroxylation is 1. The number of nitrogens with two attached hydrogens (primary N) is 1. The lowest BCUT2D eigenvalue weighted by atomic mass is 10.00. The highest BCUT2D eigenvalue weighted by molar-refractivity contribution is 5.85. The van der Waals surface area contributed by atoms with Gasteiger partial charge in [-0.1, -0.05) is 0 Å². The van der Waals surface area contributed by atoms with Gasteiger partial charge in [-0.2, -0.15) is 13.9 Å². The summed E-state index contributed by atoms with van der Waals surface area (Å²) in [5, 5.41) is 6.65. The van der Waals surface area contributed by atoms with Crippen molar-refractivity contribution >= 4 is 24.2 Å². The molecule has 1 unspecified atom stereocenters. The van der Waals surface area contributed by atoms with Crippen molar-refractivity contribution in [3.05, 3.63) is 17.0 Å². The second kappa shape index (κ2) is 10.6. The van der Waals surface area contributed by atoms with Gasteiger partial charge in [0, 0.05) is 43.4 Å². The van der Waals surface area contributed by atoms with Crippen LogP contribution >= 0.6 is 12.4 Å². The summed E-state index contributed by atoms with van der Waals surface area (Å²) in [7, 11) is 0. The Morgan fingerprint density at radius 2 is 2.04 bits per heavy atom. The van der Waals surface area contributed by atoms with E-state index in [9.17, 15) is 18.4 Å². The van der Waals surface area contributed by atoms with Gasteiger partial charge in [-0.15, -0.1) is 12.4 Å². The first-order chi connectivity index (χ1) is 12.3. The standard InChI is InChI=1S/C17H27F2N5O2.ClH/c1-11-14(12(2)24(22-11)17(18)19)9-16(26)23-8-4-3-5-13(23)10-21-15(25)6-7-20;/h13,17H,3-10,20H2,1-2H3,(H,21,25);1H. The zero-order chi connectivity index (χ0) is 19.3. The number of halogens is 3. The fraction of sp³-hybridized carbons (Fsp3) is 0.706. The summed E-state index contributed by atoms with van der Waals surface area (Å²) in [6.45, 7) is 1.74. The van der Waals surface area contributed by atoms with Crippen molar-refractivity contribution in [3.63, 3.8) is 0 Å². The van der Waals surface area contributed by atoms with Gasteiger partial charge in [-0.25, -0.2) is 4.68 Å². The monoisotopic (exact) mass is 407 g/mol. The van der Waals surface area contributed by atoms with Crippen molar-refractivity contribution in [3.8, 4) is 0 Å². The molecule has 7 nitrogen and oxygen atoms in total. The quantitative estimate of drug-likeness (QED) is 0.719. The lowest BCUT2D eigenvalue weighted by molar-refractivity contribution is -0.134. The summed E-state index contributed by atoms with van der Waals surface area (Å²) >= 11 is 0. The van der Waals surface area contributed by atoms with E-state index in [0.29, 0.717) is 34.7 Å². The maximum atomic E-state index is 13.0. The van der Waals surface area contributed by atoms with E-state index in [1.807, 2.05) is 0 Å². The molecule has 154 valence electrons. The van der Waals surface area contributed by atoms with Crippen LogP contribution in [-0.4, -0.2) is 52.2 Å². The van der Waals surface area contributed by atoms with Gasteiger partial charge in [0.2, 0.25) is 11.8 Å². The first-order valence-corrected chi connectivity index (χ1v) is 8.94. The van der Waals surface area contributed by atoms with Crippen LogP contribution in [0.1, 0.15) is 49.2 Å². The fourth-order valence-corrected chi connectivity index (χ4v) is 3.39. The Kier molecular flexibility index (Phi) is 9.11. The third-order valence-corrected chi connectivity index (χ3v) is 4.84. The van der Waals surface area contributed by atoms with E-state index in [1.165, 1.54) is 0 Å². The van der Waals surface area contributed by atoms with Crippen LogP contribution in [0.5, 0.6) is 0 Å². The number of nitrogens with one attached hydrogen (secondary N) is 1. The number of carbonyl (C=O) groups excluding carboxylic acids is 2. The van der Waals surface area contributed by atoms with Crippen molar-refractivity contribution < 1.29 is 18.4 Å². The third-order valence-electron chi connectivity index (χ3n) is 4.84. The van der Waals surface area contributed by atoms with Crippen molar-refractivity contribution in [2.24, 2.45) is 5.73 Å². The lowest BCUT2D eigenvalue weighted by Gasteiger charge is -2.36. The Balaban J connectivity index is 0.00000364. The molecule has 3 N–H and O–H groups in total. The highest BCUT2D eigenvalue weighted by Crippen LogP contribution is 2.22. The summed E-state index contributed by atoms with van der Waals surface area (Å²) < 4.78 is 26.6. The average molecular weight is 408 g/mol. The van der Waals surface area contributed by atoms with Crippen LogP contribution in [-0.2, 0) is 16.0 Å². The molecule has 1 atom stereocenters. The predicted molar refractivity (Wildman–Crippen MR) is 99.9 cm³/mol. The molecule has 1 aliphatic rings. The normalized spacial score (nSPS) is 17.0. The minimum atomic E-state index is -2.72. The number of nitrogens with zero attached hydrogens (tertiary/aromatic N) is 3. The van der Waals surface area contributed by atoms with Crippen LogP contribution in [0, 0.1) is 13.8 Å². The van der Waals surface area contributed by atoms with Gasteiger partial charge >= 0.3 is 6.55 Å². The Labute approximate surface area is 164 Å². The number of likely N-dealkylation sites (tertiary alicyclic amines) is 1. The van der Waals surface area contributed by atoms with Crippen LogP contribution in [0.15, 0.2) is 0 Å². The summed E-state index contributed by atoms with van der Waals surface area (Å²) in [6, 6.07) is -0.0799. The molecule has 2 heterocycles. The van der Waals surface area contributed by atoms with Gasteiger partial charge in [0.05, 0.1) is 12.1 Å². The second-order valence-electron chi connectivity index (χ2n) is 6.63. The minimum Gasteiger partial charge on any atom is -0.354 e. The Bertz CT molecular complexity index is 654. The van der Waals surface area contributed by atoms with E-state index in [4.69, 9.17) is 5.73 Å². The van der Waals surface area contributed by atoms with Crippen LogP contribution in [0.4, 0.5) is 8.78 Å². The molecule has 0 saturated carbocycles. The van der Waals surface area contributed by atoms with Gasteiger partial charge in [-0.05, 0) is 33.1 Å². The first-order valence-electron chi connectivity index (χ1n) is 8.94. The molecule has 27 heavy (non-hydrogen) atoms. The molecule has 0 spiro atoms. The highest BCUT2D eigenvalue weighted by atomic mass is 35.5. The van der Waals surface area contributed by atoms with Gasteiger partial charge in [0.15, 0.2) is 0 Å². The largest absolute Gasteiger partial charge is 0.354 e. The number of rotatable bonds is 7. The van der Waals surface area contributed by atoms with E-state index in [-0.39, 0.29) is 49.6 Å². The summed E-state index contributed by atoms with van der Waals surface area (Å²) in [4.78, 5) is 26.2. The van der Waals surface area contributed by atoms with Gasteiger partial charge in [0.25, 0.3) is 0 Å². The molecule has 0 bridgehead atoms. The molecule has 1 saturated heterocycles. The number of piperidine rings is 1. The lowest BCUT2D eigenvalue weighted by Crippen LogP contribution is -2.50.